The number of ether oxygens (including phenoxy) is 2. The summed E-state index contributed by atoms with van der Waals surface area (Å²) in [5.74, 6) is 0.955. The average Bonchev–Trinajstić information content (AvgIpc) is 3.37. The molecule has 6 nitrogen and oxygen atoms in total. The van der Waals surface area contributed by atoms with Gasteiger partial charge in [0.05, 0.1) is 12.5 Å². The molecule has 0 bridgehead atoms. The van der Waals surface area contributed by atoms with Crippen LogP contribution in [0.1, 0.15) is 23.2 Å². The summed E-state index contributed by atoms with van der Waals surface area (Å²) < 4.78 is 16.4. The summed E-state index contributed by atoms with van der Waals surface area (Å²) in [6.07, 6.45) is 2.43. The van der Waals surface area contributed by atoms with Crippen molar-refractivity contribution < 1.29 is 18.7 Å². The van der Waals surface area contributed by atoms with Gasteiger partial charge >= 0.3 is 5.63 Å². The van der Waals surface area contributed by atoms with Crippen LogP contribution in [0.25, 0.3) is 21.7 Å². The van der Waals surface area contributed by atoms with Crippen molar-refractivity contribution in [2.24, 2.45) is 0 Å². The largest absolute Gasteiger partial charge is 0.497 e. The first-order chi connectivity index (χ1) is 15.6. The first-order valence-corrected chi connectivity index (χ1v) is 10.7. The number of hydrogen-bond acceptors (Lipinski definition) is 6. The second-order valence-corrected chi connectivity index (χ2v) is 7.91. The van der Waals surface area contributed by atoms with Crippen molar-refractivity contribution in [1.82, 2.24) is 0 Å². The Bertz CT molecular complexity index is 1350. The van der Waals surface area contributed by atoms with Gasteiger partial charge in [0.25, 0.3) is 0 Å². The van der Waals surface area contributed by atoms with Crippen LogP contribution in [0.4, 0.5) is 5.69 Å². The molecule has 0 N–H and O–H groups in total. The summed E-state index contributed by atoms with van der Waals surface area (Å²) in [7, 11) is 1.55. The third kappa shape index (κ3) is 3.80. The molecular formula is C26H23NO5. The van der Waals surface area contributed by atoms with E-state index in [1.54, 1.807) is 31.4 Å². The number of methoxy groups -OCH3 is 1. The van der Waals surface area contributed by atoms with E-state index in [0.717, 1.165) is 29.5 Å². The molecule has 4 aromatic rings. The molecule has 0 radical (unpaired) electrons. The monoisotopic (exact) mass is 429 g/mol. The Hall–Kier alpha value is -3.80. The fourth-order valence-electron chi connectivity index (χ4n) is 4.17. The number of rotatable bonds is 6. The molecule has 0 aliphatic carbocycles. The van der Waals surface area contributed by atoms with Gasteiger partial charge in [0.2, 0.25) is 0 Å². The lowest BCUT2D eigenvalue weighted by atomic mass is 10.1. The second-order valence-electron chi connectivity index (χ2n) is 7.91. The van der Waals surface area contributed by atoms with Crippen LogP contribution in [0.2, 0.25) is 0 Å². The maximum absolute atomic E-state index is 12.6. The van der Waals surface area contributed by atoms with Crippen molar-refractivity contribution >= 4 is 33.2 Å². The Labute approximate surface area is 185 Å². The van der Waals surface area contributed by atoms with Gasteiger partial charge in [-0.15, -0.1) is 0 Å². The molecule has 1 aromatic heterocycles. The third-order valence-electron chi connectivity index (χ3n) is 5.92. The van der Waals surface area contributed by atoms with E-state index in [1.165, 1.54) is 12.8 Å². The van der Waals surface area contributed by atoms with Gasteiger partial charge in [-0.1, -0.05) is 0 Å². The van der Waals surface area contributed by atoms with Crippen LogP contribution in [0.3, 0.4) is 0 Å². The van der Waals surface area contributed by atoms with Crippen LogP contribution >= 0.6 is 0 Å². The summed E-state index contributed by atoms with van der Waals surface area (Å²) in [6, 6.07) is 18.2. The van der Waals surface area contributed by atoms with Crippen LogP contribution in [0.15, 0.2) is 69.9 Å². The van der Waals surface area contributed by atoms with Crippen LogP contribution in [-0.2, 0) is 0 Å². The van der Waals surface area contributed by atoms with Gasteiger partial charge in [-0.3, -0.25) is 4.79 Å². The maximum Gasteiger partial charge on any atom is 0.344 e. The van der Waals surface area contributed by atoms with E-state index in [2.05, 4.69) is 4.90 Å². The second kappa shape index (κ2) is 8.38. The van der Waals surface area contributed by atoms with Gasteiger partial charge in [0.1, 0.15) is 17.1 Å². The lowest BCUT2D eigenvalue weighted by Crippen LogP contribution is -2.18. The molecule has 2 heterocycles. The Morgan fingerprint density at radius 1 is 0.906 bits per heavy atom. The number of nitrogens with zero attached hydrogens (tertiary/aromatic N) is 1. The standard InChI is InChI=1S/C26H23NO5/c1-30-19-8-10-21-22-11-9-20(15-25(22)32-26(29)23(21)14-19)31-16-24(28)17-4-6-18(7-5-17)27-12-2-3-13-27/h4-11,14-15H,2-3,12-13,16H2,1H3. The summed E-state index contributed by atoms with van der Waals surface area (Å²) in [5.41, 5.74) is 1.72. The van der Waals surface area contributed by atoms with Gasteiger partial charge in [-0.25, -0.2) is 4.79 Å². The quantitative estimate of drug-likeness (QED) is 0.249. The molecule has 1 saturated heterocycles. The van der Waals surface area contributed by atoms with Crippen molar-refractivity contribution in [2.75, 3.05) is 31.7 Å². The van der Waals surface area contributed by atoms with Crippen molar-refractivity contribution in [3.05, 3.63) is 76.6 Å². The fraction of sp³-hybridized carbons (Fsp3) is 0.231. The third-order valence-corrected chi connectivity index (χ3v) is 5.92. The number of fused-ring (bicyclic) bond motifs is 3. The molecule has 0 atom stereocenters. The normalized spacial score (nSPS) is 13.6. The number of carbonyl (C=O) groups excluding carboxylic acids is 1. The first-order valence-electron chi connectivity index (χ1n) is 10.7. The summed E-state index contributed by atoms with van der Waals surface area (Å²) in [4.78, 5) is 27.3. The number of Topliss-reactive ketones (excluding diaryl/α,β-unsaturated/α-hetero) is 1. The first kappa shape index (κ1) is 20.1. The molecule has 162 valence electrons. The zero-order chi connectivity index (χ0) is 22.1. The molecule has 32 heavy (non-hydrogen) atoms. The van der Waals surface area contributed by atoms with E-state index < -0.39 is 5.63 Å². The van der Waals surface area contributed by atoms with E-state index >= 15 is 0 Å². The molecule has 0 spiro atoms. The van der Waals surface area contributed by atoms with Crippen molar-refractivity contribution in [3.8, 4) is 11.5 Å². The van der Waals surface area contributed by atoms with Crippen molar-refractivity contribution in [3.63, 3.8) is 0 Å². The zero-order valence-corrected chi connectivity index (χ0v) is 17.8. The van der Waals surface area contributed by atoms with Gasteiger partial charge < -0.3 is 18.8 Å². The Balaban J connectivity index is 1.33. The molecule has 1 aliphatic rings. The van der Waals surface area contributed by atoms with Crippen molar-refractivity contribution in [1.29, 1.82) is 0 Å². The van der Waals surface area contributed by atoms with Gasteiger partial charge in [0, 0.05) is 41.2 Å². The average molecular weight is 429 g/mol. The number of carbonyl (C=O) groups is 1. The lowest BCUT2D eigenvalue weighted by molar-refractivity contribution is 0.0921. The van der Waals surface area contributed by atoms with Crippen LogP contribution in [0, 0.1) is 0 Å². The molecular weight excluding hydrogens is 406 g/mol. The van der Waals surface area contributed by atoms with E-state index in [4.69, 9.17) is 13.9 Å². The van der Waals surface area contributed by atoms with Crippen LogP contribution < -0.4 is 20.0 Å². The van der Waals surface area contributed by atoms with E-state index in [0.29, 0.717) is 28.0 Å². The molecule has 0 saturated carbocycles. The van der Waals surface area contributed by atoms with Gasteiger partial charge in [-0.05, 0) is 67.4 Å². The van der Waals surface area contributed by atoms with Gasteiger partial charge in [-0.2, -0.15) is 0 Å². The Kier molecular flexibility index (Phi) is 5.27. The van der Waals surface area contributed by atoms with Crippen molar-refractivity contribution in [2.45, 2.75) is 12.8 Å². The van der Waals surface area contributed by atoms with Gasteiger partial charge in [0.15, 0.2) is 12.4 Å². The predicted molar refractivity (Wildman–Crippen MR) is 124 cm³/mol. The topological polar surface area (TPSA) is 69.0 Å². The summed E-state index contributed by atoms with van der Waals surface area (Å²) >= 11 is 0. The highest BCUT2D eigenvalue weighted by Gasteiger charge is 2.14. The van der Waals surface area contributed by atoms with E-state index in [1.807, 2.05) is 36.4 Å². The van der Waals surface area contributed by atoms with E-state index in [9.17, 15) is 9.59 Å². The SMILES string of the molecule is COc1ccc2c(c1)c(=O)oc1cc(OCC(=O)c3ccc(N4CCCC4)cc3)ccc12. The molecule has 3 aromatic carbocycles. The highest BCUT2D eigenvalue weighted by Crippen LogP contribution is 2.28. The molecule has 0 amide bonds. The summed E-state index contributed by atoms with van der Waals surface area (Å²) in [6.45, 7) is 2.04. The molecule has 6 heteroatoms. The summed E-state index contributed by atoms with van der Waals surface area (Å²) in [5, 5.41) is 2.02. The highest BCUT2D eigenvalue weighted by molar-refractivity contribution is 6.05. The smallest absolute Gasteiger partial charge is 0.344 e. The Morgan fingerprint density at radius 2 is 1.62 bits per heavy atom. The fourth-order valence-corrected chi connectivity index (χ4v) is 4.17. The zero-order valence-electron chi connectivity index (χ0n) is 17.8. The molecule has 5 rings (SSSR count). The molecule has 0 unspecified atom stereocenters. The predicted octanol–water partition coefficient (Wildman–Crippen LogP) is 4.82. The van der Waals surface area contributed by atoms with Crippen LogP contribution in [-0.4, -0.2) is 32.6 Å². The lowest BCUT2D eigenvalue weighted by Gasteiger charge is -2.17. The number of hydrogen-bond donors (Lipinski definition) is 0. The minimum Gasteiger partial charge on any atom is -0.497 e. The number of anilines is 1. The number of ketones is 1. The Morgan fingerprint density at radius 3 is 2.38 bits per heavy atom. The molecule has 1 fully saturated rings. The van der Waals surface area contributed by atoms with E-state index in [-0.39, 0.29) is 12.4 Å². The maximum atomic E-state index is 12.6. The number of benzene rings is 3. The minimum atomic E-state index is -0.447. The minimum absolute atomic E-state index is 0.0937. The molecule has 1 aliphatic heterocycles. The highest BCUT2D eigenvalue weighted by atomic mass is 16.5. The van der Waals surface area contributed by atoms with Crippen LogP contribution in [0.5, 0.6) is 11.5 Å².